The zero-order valence-corrected chi connectivity index (χ0v) is 11.5. The fraction of sp³-hybridized carbons (Fsp3) is 0.462. The van der Waals surface area contributed by atoms with Crippen molar-refractivity contribution in [1.29, 1.82) is 0 Å². The van der Waals surface area contributed by atoms with Gasteiger partial charge in [0.25, 0.3) is 0 Å². The average molecular weight is 298 g/mol. The average Bonchev–Trinajstić information content (AvgIpc) is 2.35. The van der Waals surface area contributed by atoms with Gasteiger partial charge in [-0.2, -0.15) is 0 Å². The summed E-state index contributed by atoms with van der Waals surface area (Å²) in [5.74, 6) is 0.190. The van der Waals surface area contributed by atoms with E-state index < -0.39 is 0 Å². The SMILES string of the molecule is Cc1cc(CC(=O)N2CCOCC2)ccc1Br. The van der Waals surface area contributed by atoms with Crippen LogP contribution in [0.1, 0.15) is 11.1 Å². The number of carbonyl (C=O) groups is 1. The van der Waals surface area contributed by atoms with E-state index in [1.54, 1.807) is 0 Å². The minimum atomic E-state index is 0.190. The van der Waals surface area contributed by atoms with Crippen LogP contribution in [0.5, 0.6) is 0 Å². The maximum atomic E-state index is 12.0. The lowest BCUT2D eigenvalue weighted by Crippen LogP contribution is -2.41. The van der Waals surface area contributed by atoms with E-state index in [4.69, 9.17) is 4.74 Å². The van der Waals surface area contributed by atoms with E-state index >= 15 is 0 Å². The molecule has 0 radical (unpaired) electrons. The number of hydrogen-bond acceptors (Lipinski definition) is 2. The molecular formula is C13H16BrNO2. The van der Waals surface area contributed by atoms with Crippen LogP contribution in [0.4, 0.5) is 0 Å². The van der Waals surface area contributed by atoms with Gasteiger partial charge in [-0.25, -0.2) is 0 Å². The first-order chi connectivity index (χ1) is 8.16. The molecule has 0 aromatic heterocycles. The summed E-state index contributed by atoms with van der Waals surface area (Å²) in [5, 5.41) is 0. The summed E-state index contributed by atoms with van der Waals surface area (Å²) in [6, 6.07) is 6.05. The molecule has 1 aromatic carbocycles. The van der Waals surface area contributed by atoms with E-state index in [1.807, 2.05) is 24.0 Å². The molecule has 1 fully saturated rings. The first kappa shape index (κ1) is 12.6. The van der Waals surface area contributed by atoms with Crippen molar-refractivity contribution in [3.63, 3.8) is 0 Å². The molecule has 4 heteroatoms. The van der Waals surface area contributed by atoms with Crippen molar-refractivity contribution in [2.75, 3.05) is 26.3 Å². The van der Waals surface area contributed by atoms with Crippen molar-refractivity contribution < 1.29 is 9.53 Å². The van der Waals surface area contributed by atoms with Gasteiger partial charge in [-0.05, 0) is 24.1 Å². The van der Waals surface area contributed by atoms with E-state index in [0.717, 1.165) is 15.6 Å². The molecule has 0 N–H and O–H groups in total. The van der Waals surface area contributed by atoms with Crippen LogP contribution < -0.4 is 0 Å². The molecule has 2 rings (SSSR count). The molecule has 0 saturated carbocycles. The second-order valence-electron chi connectivity index (χ2n) is 4.25. The van der Waals surface area contributed by atoms with Gasteiger partial charge >= 0.3 is 0 Å². The summed E-state index contributed by atoms with van der Waals surface area (Å²) in [7, 11) is 0. The zero-order valence-electron chi connectivity index (χ0n) is 9.91. The van der Waals surface area contributed by atoms with E-state index in [1.165, 1.54) is 0 Å². The van der Waals surface area contributed by atoms with Crippen molar-refractivity contribution in [3.05, 3.63) is 33.8 Å². The Bertz CT molecular complexity index is 414. The highest BCUT2D eigenvalue weighted by atomic mass is 79.9. The molecule has 92 valence electrons. The first-order valence-corrected chi connectivity index (χ1v) is 6.56. The minimum Gasteiger partial charge on any atom is -0.378 e. The van der Waals surface area contributed by atoms with Crippen LogP contribution in [0.2, 0.25) is 0 Å². The molecule has 3 nitrogen and oxygen atoms in total. The molecule has 0 aliphatic carbocycles. The summed E-state index contributed by atoms with van der Waals surface area (Å²) < 4.78 is 6.32. The number of amides is 1. The lowest BCUT2D eigenvalue weighted by molar-refractivity contribution is -0.134. The second kappa shape index (κ2) is 5.65. The maximum Gasteiger partial charge on any atom is 0.227 e. The van der Waals surface area contributed by atoms with E-state index in [9.17, 15) is 4.79 Å². The molecule has 0 unspecified atom stereocenters. The number of nitrogens with zero attached hydrogens (tertiary/aromatic N) is 1. The van der Waals surface area contributed by atoms with Gasteiger partial charge < -0.3 is 9.64 Å². The largest absolute Gasteiger partial charge is 0.378 e. The molecule has 17 heavy (non-hydrogen) atoms. The maximum absolute atomic E-state index is 12.0. The Morgan fingerprint density at radius 3 is 2.76 bits per heavy atom. The van der Waals surface area contributed by atoms with Crippen molar-refractivity contribution in [3.8, 4) is 0 Å². The van der Waals surface area contributed by atoms with Crippen LogP contribution in [0.25, 0.3) is 0 Å². The Morgan fingerprint density at radius 1 is 1.41 bits per heavy atom. The molecule has 0 atom stereocenters. The van der Waals surface area contributed by atoms with E-state index in [-0.39, 0.29) is 5.91 Å². The molecule has 1 saturated heterocycles. The lowest BCUT2D eigenvalue weighted by Gasteiger charge is -2.26. The van der Waals surface area contributed by atoms with Gasteiger partial charge in [0, 0.05) is 17.6 Å². The third kappa shape index (κ3) is 3.30. The summed E-state index contributed by atoms with van der Waals surface area (Å²) in [6.07, 6.45) is 0.480. The Balaban J connectivity index is 1.99. The van der Waals surface area contributed by atoms with Crippen LogP contribution in [0.15, 0.2) is 22.7 Å². The summed E-state index contributed by atoms with van der Waals surface area (Å²) in [6.45, 7) is 4.78. The number of carbonyl (C=O) groups excluding carboxylic acids is 1. The van der Waals surface area contributed by atoms with E-state index in [2.05, 4.69) is 22.0 Å². The zero-order chi connectivity index (χ0) is 12.3. The Labute approximate surface area is 110 Å². The Hall–Kier alpha value is -0.870. The van der Waals surface area contributed by atoms with Gasteiger partial charge in [-0.15, -0.1) is 0 Å². The van der Waals surface area contributed by atoms with Crippen molar-refractivity contribution in [1.82, 2.24) is 4.90 Å². The van der Waals surface area contributed by atoms with Crippen molar-refractivity contribution in [2.24, 2.45) is 0 Å². The third-order valence-corrected chi connectivity index (χ3v) is 3.83. The second-order valence-corrected chi connectivity index (χ2v) is 5.11. The monoisotopic (exact) mass is 297 g/mol. The topological polar surface area (TPSA) is 29.5 Å². The number of aryl methyl sites for hydroxylation is 1. The fourth-order valence-corrected chi connectivity index (χ4v) is 2.16. The fourth-order valence-electron chi connectivity index (χ4n) is 1.92. The van der Waals surface area contributed by atoms with Crippen molar-refractivity contribution >= 4 is 21.8 Å². The van der Waals surface area contributed by atoms with Gasteiger partial charge in [0.2, 0.25) is 5.91 Å². The number of morpholine rings is 1. The third-order valence-electron chi connectivity index (χ3n) is 2.94. The number of rotatable bonds is 2. The smallest absolute Gasteiger partial charge is 0.227 e. The lowest BCUT2D eigenvalue weighted by atomic mass is 10.1. The number of benzene rings is 1. The molecule has 0 spiro atoms. The van der Waals surface area contributed by atoms with Gasteiger partial charge in [0.15, 0.2) is 0 Å². The highest BCUT2D eigenvalue weighted by molar-refractivity contribution is 9.10. The molecule has 1 aliphatic heterocycles. The highest BCUT2D eigenvalue weighted by Gasteiger charge is 2.16. The van der Waals surface area contributed by atoms with Crippen LogP contribution in [0.3, 0.4) is 0 Å². The Morgan fingerprint density at radius 2 is 2.12 bits per heavy atom. The predicted octanol–water partition coefficient (Wildman–Crippen LogP) is 2.16. The highest BCUT2D eigenvalue weighted by Crippen LogP contribution is 2.17. The first-order valence-electron chi connectivity index (χ1n) is 5.77. The minimum absolute atomic E-state index is 0.190. The van der Waals surface area contributed by atoms with Crippen molar-refractivity contribution in [2.45, 2.75) is 13.3 Å². The van der Waals surface area contributed by atoms with Crippen LogP contribution >= 0.6 is 15.9 Å². The molecule has 0 bridgehead atoms. The molecule has 1 heterocycles. The normalized spacial score (nSPS) is 16.0. The standard InChI is InChI=1S/C13H16BrNO2/c1-10-8-11(2-3-12(10)14)9-13(16)15-4-6-17-7-5-15/h2-3,8H,4-7,9H2,1H3. The molecule has 1 aliphatic rings. The van der Waals surface area contributed by atoms with Crippen LogP contribution in [-0.4, -0.2) is 37.1 Å². The summed E-state index contributed by atoms with van der Waals surface area (Å²) in [4.78, 5) is 13.9. The van der Waals surface area contributed by atoms with Gasteiger partial charge in [-0.1, -0.05) is 28.1 Å². The van der Waals surface area contributed by atoms with Crippen LogP contribution in [0, 0.1) is 6.92 Å². The summed E-state index contributed by atoms with van der Waals surface area (Å²) in [5.41, 5.74) is 2.24. The van der Waals surface area contributed by atoms with E-state index in [0.29, 0.717) is 32.7 Å². The van der Waals surface area contributed by atoms with Gasteiger partial charge in [0.05, 0.1) is 19.6 Å². The molecule has 1 amide bonds. The molecule has 1 aromatic rings. The number of halogens is 1. The summed E-state index contributed by atoms with van der Waals surface area (Å²) >= 11 is 3.46. The Kier molecular flexibility index (Phi) is 4.18. The predicted molar refractivity (Wildman–Crippen MR) is 70.0 cm³/mol. The number of ether oxygens (including phenoxy) is 1. The van der Waals surface area contributed by atoms with Gasteiger partial charge in [-0.3, -0.25) is 4.79 Å². The van der Waals surface area contributed by atoms with Gasteiger partial charge in [0.1, 0.15) is 0 Å². The quantitative estimate of drug-likeness (QED) is 0.837. The van der Waals surface area contributed by atoms with Crippen LogP contribution in [-0.2, 0) is 16.0 Å². The number of hydrogen-bond donors (Lipinski definition) is 0. The molecular weight excluding hydrogens is 282 g/mol.